The van der Waals surface area contributed by atoms with E-state index in [0.717, 1.165) is 16.7 Å². The lowest BCUT2D eigenvalue weighted by Crippen LogP contribution is -2.39. The number of aromatic nitrogens is 3. The molecule has 0 fully saturated rings. The van der Waals surface area contributed by atoms with Crippen LogP contribution in [-0.2, 0) is 4.79 Å². The molecule has 0 saturated heterocycles. The van der Waals surface area contributed by atoms with Crippen molar-refractivity contribution in [2.24, 2.45) is 0 Å². The van der Waals surface area contributed by atoms with Crippen LogP contribution >= 0.6 is 11.8 Å². The molecule has 0 spiro atoms. The fourth-order valence-electron chi connectivity index (χ4n) is 2.39. The Labute approximate surface area is 161 Å². The van der Waals surface area contributed by atoms with Gasteiger partial charge in [0, 0.05) is 12.6 Å². The van der Waals surface area contributed by atoms with Crippen molar-refractivity contribution in [1.82, 2.24) is 25.8 Å². The molecule has 3 amide bonds. The van der Waals surface area contributed by atoms with E-state index in [1.807, 2.05) is 61.5 Å². The molecule has 1 unspecified atom stereocenters. The van der Waals surface area contributed by atoms with Crippen molar-refractivity contribution < 1.29 is 9.59 Å². The van der Waals surface area contributed by atoms with Gasteiger partial charge in [-0.3, -0.25) is 15.2 Å². The number of benzene rings is 2. The average molecular weight is 381 g/mol. The number of rotatable bonds is 5. The molecule has 3 rings (SSSR count). The van der Waals surface area contributed by atoms with E-state index in [2.05, 4.69) is 25.8 Å². The summed E-state index contributed by atoms with van der Waals surface area (Å²) in [6.45, 7) is 2.01. The molecule has 1 atom stereocenters. The van der Waals surface area contributed by atoms with Crippen molar-refractivity contribution in [3.05, 3.63) is 65.7 Å². The fraction of sp³-hybridized carbons (Fsp3) is 0.158. The molecule has 2 aromatic carbocycles. The lowest BCUT2D eigenvalue weighted by molar-refractivity contribution is -0.119. The summed E-state index contributed by atoms with van der Waals surface area (Å²) in [5, 5.41) is 11.6. The topological polar surface area (TPSA) is 99.8 Å². The molecule has 1 aromatic heterocycles. The van der Waals surface area contributed by atoms with Crippen LogP contribution in [0.25, 0.3) is 11.4 Å². The monoisotopic (exact) mass is 381 g/mol. The molecule has 3 aromatic rings. The Morgan fingerprint density at radius 1 is 1.07 bits per heavy atom. The molecule has 3 N–H and O–H groups in total. The maximum atomic E-state index is 12.6. The van der Waals surface area contributed by atoms with Gasteiger partial charge in [-0.05, 0) is 12.5 Å². The van der Waals surface area contributed by atoms with Gasteiger partial charge in [0.15, 0.2) is 5.82 Å². The number of H-pyrrole nitrogens is 1. The van der Waals surface area contributed by atoms with Gasteiger partial charge in [0.1, 0.15) is 5.25 Å². The fourth-order valence-corrected chi connectivity index (χ4v) is 3.30. The number of aryl methyl sites for hydroxylation is 1. The Balaban J connectivity index is 1.83. The molecule has 1 heterocycles. The largest absolute Gasteiger partial charge is 0.341 e. The minimum Gasteiger partial charge on any atom is -0.341 e. The minimum atomic E-state index is -0.662. The summed E-state index contributed by atoms with van der Waals surface area (Å²) >= 11 is 1.18. The number of carbonyl (C=O) groups excluding carboxylic acids is 2. The summed E-state index contributed by atoms with van der Waals surface area (Å²) < 4.78 is 0. The summed E-state index contributed by atoms with van der Waals surface area (Å²) in [5.41, 5.74) is 2.82. The molecule has 0 saturated carbocycles. The number of imide groups is 1. The lowest BCUT2D eigenvalue weighted by Gasteiger charge is -2.14. The number of nitrogens with one attached hydrogen (secondary N) is 3. The van der Waals surface area contributed by atoms with E-state index < -0.39 is 17.2 Å². The second-order valence-corrected chi connectivity index (χ2v) is 6.88. The van der Waals surface area contributed by atoms with Crippen molar-refractivity contribution in [3.8, 4) is 11.4 Å². The molecule has 0 aliphatic heterocycles. The first kappa shape index (κ1) is 18.7. The highest BCUT2D eigenvalue weighted by Gasteiger charge is 2.25. The summed E-state index contributed by atoms with van der Waals surface area (Å²) in [4.78, 5) is 28.6. The zero-order valence-corrected chi connectivity index (χ0v) is 15.7. The molecule has 8 heteroatoms. The van der Waals surface area contributed by atoms with E-state index in [4.69, 9.17) is 0 Å². The van der Waals surface area contributed by atoms with E-state index in [1.54, 1.807) is 0 Å². The quantitative estimate of drug-likeness (QED) is 0.590. The van der Waals surface area contributed by atoms with E-state index in [-0.39, 0.29) is 0 Å². The van der Waals surface area contributed by atoms with Crippen LogP contribution in [0.3, 0.4) is 0 Å². The first-order valence-corrected chi connectivity index (χ1v) is 9.18. The third-order valence-electron chi connectivity index (χ3n) is 3.82. The van der Waals surface area contributed by atoms with Crippen molar-refractivity contribution >= 4 is 23.7 Å². The zero-order valence-electron chi connectivity index (χ0n) is 14.9. The Bertz CT molecular complexity index is 925. The third-order valence-corrected chi connectivity index (χ3v) is 4.93. The molecular formula is C19H19N5O2S. The molecule has 0 aliphatic carbocycles. The number of aromatic amines is 1. The van der Waals surface area contributed by atoms with Gasteiger partial charge in [-0.25, -0.2) is 9.78 Å². The van der Waals surface area contributed by atoms with Gasteiger partial charge in [-0.15, -0.1) is 5.10 Å². The van der Waals surface area contributed by atoms with Gasteiger partial charge < -0.3 is 5.32 Å². The molecule has 7 nitrogen and oxygen atoms in total. The van der Waals surface area contributed by atoms with Gasteiger partial charge in [0.25, 0.3) is 0 Å². The predicted octanol–water partition coefficient (Wildman–Crippen LogP) is 3.07. The van der Waals surface area contributed by atoms with Crippen LogP contribution in [0.2, 0.25) is 0 Å². The Hall–Kier alpha value is -3.13. The van der Waals surface area contributed by atoms with E-state index >= 15 is 0 Å². The molecule has 27 heavy (non-hydrogen) atoms. The van der Waals surface area contributed by atoms with Crippen molar-refractivity contribution in [2.75, 3.05) is 7.05 Å². The van der Waals surface area contributed by atoms with Crippen LogP contribution in [0.5, 0.6) is 0 Å². The maximum absolute atomic E-state index is 12.6. The number of urea groups is 1. The van der Waals surface area contributed by atoms with Gasteiger partial charge in [0.05, 0.1) is 0 Å². The predicted molar refractivity (Wildman–Crippen MR) is 104 cm³/mol. The number of amides is 3. The molecule has 0 radical (unpaired) electrons. The van der Waals surface area contributed by atoms with Crippen molar-refractivity contribution in [3.63, 3.8) is 0 Å². The number of carbonyl (C=O) groups is 2. The lowest BCUT2D eigenvalue weighted by atomic mass is 10.1. The summed E-state index contributed by atoms with van der Waals surface area (Å²) in [7, 11) is 1.45. The summed E-state index contributed by atoms with van der Waals surface area (Å²) in [5.74, 6) is 0.184. The van der Waals surface area contributed by atoms with Gasteiger partial charge in [-0.1, -0.05) is 71.9 Å². The standard InChI is InChI=1S/C19H19N5O2S/c1-12-8-10-14(11-9-12)16-21-19(24-23-16)27-15(13-6-4-3-5-7-13)17(25)22-18(26)20-2/h3-11,15H,1-2H3,(H,21,23,24)(H2,20,22,25,26). The van der Waals surface area contributed by atoms with Crippen LogP contribution < -0.4 is 10.6 Å². The van der Waals surface area contributed by atoms with Crippen LogP contribution in [0.15, 0.2) is 59.8 Å². The minimum absolute atomic E-state index is 0.423. The smallest absolute Gasteiger partial charge is 0.321 e. The van der Waals surface area contributed by atoms with Crippen LogP contribution in [0.4, 0.5) is 4.79 Å². The van der Waals surface area contributed by atoms with E-state index in [1.165, 1.54) is 18.8 Å². The molecule has 138 valence electrons. The molecular weight excluding hydrogens is 362 g/mol. The van der Waals surface area contributed by atoms with Gasteiger partial charge >= 0.3 is 6.03 Å². The second kappa shape index (κ2) is 8.50. The third kappa shape index (κ3) is 4.73. The van der Waals surface area contributed by atoms with Crippen LogP contribution in [0, 0.1) is 6.92 Å². The number of nitrogens with zero attached hydrogens (tertiary/aromatic N) is 2. The number of hydrogen-bond acceptors (Lipinski definition) is 5. The first-order valence-electron chi connectivity index (χ1n) is 8.30. The number of thioether (sulfide) groups is 1. The highest BCUT2D eigenvalue weighted by Crippen LogP contribution is 2.34. The average Bonchev–Trinajstić information content (AvgIpc) is 3.16. The normalized spacial score (nSPS) is 11.6. The Morgan fingerprint density at radius 3 is 2.44 bits per heavy atom. The summed E-state index contributed by atoms with van der Waals surface area (Å²) in [6, 6.07) is 16.5. The Kier molecular flexibility index (Phi) is 5.87. The van der Waals surface area contributed by atoms with Gasteiger partial charge in [-0.2, -0.15) is 0 Å². The second-order valence-electron chi connectivity index (χ2n) is 5.81. The first-order chi connectivity index (χ1) is 13.1. The SMILES string of the molecule is CNC(=O)NC(=O)C(Sc1n[nH]c(-c2ccc(C)cc2)n1)c1ccccc1. The zero-order chi connectivity index (χ0) is 19.2. The van der Waals surface area contributed by atoms with Gasteiger partial charge in [0.2, 0.25) is 11.1 Å². The maximum Gasteiger partial charge on any atom is 0.321 e. The Morgan fingerprint density at radius 2 is 1.78 bits per heavy atom. The molecule has 0 aliphatic rings. The summed E-state index contributed by atoms with van der Waals surface area (Å²) in [6.07, 6.45) is 0. The van der Waals surface area contributed by atoms with E-state index in [0.29, 0.717) is 11.0 Å². The highest BCUT2D eigenvalue weighted by atomic mass is 32.2. The highest BCUT2D eigenvalue weighted by molar-refractivity contribution is 8.00. The van der Waals surface area contributed by atoms with Crippen LogP contribution in [-0.4, -0.2) is 34.2 Å². The number of hydrogen-bond donors (Lipinski definition) is 3. The van der Waals surface area contributed by atoms with Crippen molar-refractivity contribution in [2.45, 2.75) is 17.3 Å². The van der Waals surface area contributed by atoms with E-state index in [9.17, 15) is 9.59 Å². The molecule has 0 bridgehead atoms. The van der Waals surface area contributed by atoms with Crippen molar-refractivity contribution in [1.29, 1.82) is 0 Å². The van der Waals surface area contributed by atoms with Crippen LogP contribution in [0.1, 0.15) is 16.4 Å².